The highest BCUT2D eigenvalue weighted by molar-refractivity contribution is 5.67. The number of rotatable bonds is 2. The van der Waals surface area contributed by atoms with Crippen molar-refractivity contribution in [3.05, 3.63) is 24.3 Å². The van der Waals surface area contributed by atoms with Crippen molar-refractivity contribution >= 4 is 5.82 Å². The molecular formula is C13H15N3O2. The highest BCUT2D eigenvalue weighted by atomic mass is 16.6. The number of hydrogen-bond donors (Lipinski definition) is 1. The molecule has 0 bridgehead atoms. The molecule has 1 aliphatic rings. The normalized spacial score (nSPS) is 13.4. The predicted octanol–water partition coefficient (Wildman–Crippen LogP) is 1.90. The first-order chi connectivity index (χ1) is 8.78. The van der Waals surface area contributed by atoms with E-state index >= 15 is 0 Å². The summed E-state index contributed by atoms with van der Waals surface area (Å²) in [6.07, 6.45) is 0. The van der Waals surface area contributed by atoms with Gasteiger partial charge in [0.05, 0.1) is 5.69 Å². The molecule has 0 amide bonds. The Morgan fingerprint density at radius 1 is 1.17 bits per heavy atom. The van der Waals surface area contributed by atoms with Crippen LogP contribution in [0.15, 0.2) is 24.3 Å². The third-order valence-electron chi connectivity index (χ3n) is 2.97. The van der Waals surface area contributed by atoms with Gasteiger partial charge in [-0.05, 0) is 18.2 Å². The Bertz CT molecular complexity index is 578. The molecule has 1 aromatic heterocycles. The SMILES string of the molecule is CNc1cc(-c2ccc3c(c2)OCCO3)n(C)n1. The van der Waals surface area contributed by atoms with Crippen LogP contribution in [0.4, 0.5) is 5.82 Å². The van der Waals surface area contributed by atoms with E-state index in [0.29, 0.717) is 13.2 Å². The van der Waals surface area contributed by atoms with Crippen LogP contribution in [-0.4, -0.2) is 30.0 Å². The number of ether oxygens (including phenoxy) is 2. The van der Waals surface area contributed by atoms with Crippen molar-refractivity contribution in [2.45, 2.75) is 0 Å². The Balaban J connectivity index is 2.03. The highest BCUT2D eigenvalue weighted by Gasteiger charge is 2.14. The average Bonchev–Trinajstić information content (AvgIpc) is 2.79. The third kappa shape index (κ3) is 1.77. The van der Waals surface area contributed by atoms with Crippen LogP contribution in [-0.2, 0) is 7.05 Å². The maximum Gasteiger partial charge on any atom is 0.162 e. The highest BCUT2D eigenvalue weighted by Crippen LogP contribution is 2.34. The predicted molar refractivity (Wildman–Crippen MR) is 69.2 cm³/mol. The van der Waals surface area contributed by atoms with Gasteiger partial charge in [0.2, 0.25) is 0 Å². The number of aromatic nitrogens is 2. The zero-order chi connectivity index (χ0) is 12.5. The van der Waals surface area contributed by atoms with Crippen molar-refractivity contribution in [2.75, 3.05) is 25.6 Å². The van der Waals surface area contributed by atoms with Crippen molar-refractivity contribution in [3.8, 4) is 22.8 Å². The summed E-state index contributed by atoms with van der Waals surface area (Å²) >= 11 is 0. The second-order valence-electron chi connectivity index (χ2n) is 4.15. The van der Waals surface area contributed by atoms with Gasteiger partial charge < -0.3 is 14.8 Å². The summed E-state index contributed by atoms with van der Waals surface area (Å²) in [6, 6.07) is 7.95. The summed E-state index contributed by atoms with van der Waals surface area (Å²) < 4.78 is 12.9. The van der Waals surface area contributed by atoms with Gasteiger partial charge >= 0.3 is 0 Å². The zero-order valence-electron chi connectivity index (χ0n) is 10.4. The van der Waals surface area contributed by atoms with Crippen LogP contribution in [0.25, 0.3) is 11.3 Å². The molecule has 0 saturated heterocycles. The summed E-state index contributed by atoms with van der Waals surface area (Å²) in [6.45, 7) is 1.21. The number of aryl methyl sites for hydroxylation is 1. The van der Waals surface area contributed by atoms with Crippen LogP contribution < -0.4 is 14.8 Å². The molecule has 1 N–H and O–H groups in total. The molecule has 3 rings (SSSR count). The minimum atomic E-state index is 0.601. The summed E-state index contributed by atoms with van der Waals surface area (Å²) in [5.74, 6) is 2.45. The molecule has 18 heavy (non-hydrogen) atoms. The molecule has 0 radical (unpaired) electrons. The van der Waals surface area contributed by atoms with Crippen LogP contribution in [0.2, 0.25) is 0 Å². The fourth-order valence-electron chi connectivity index (χ4n) is 2.06. The number of fused-ring (bicyclic) bond motifs is 1. The molecule has 5 nitrogen and oxygen atoms in total. The molecule has 0 saturated carbocycles. The molecule has 2 aromatic rings. The van der Waals surface area contributed by atoms with Crippen molar-refractivity contribution in [1.29, 1.82) is 0 Å². The fourth-order valence-corrected chi connectivity index (χ4v) is 2.06. The lowest BCUT2D eigenvalue weighted by atomic mass is 10.1. The van der Waals surface area contributed by atoms with Gasteiger partial charge in [0.1, 0.15) is 19.0 Å². The molecule has 1 aromatic carbocycles. The number of anilines is 1. The molecule has 0 aliphatic carbocycles. The molecule has 5 heteroatoms. The Morgan fingerprint density at radius 2 is 1.94 bits per heavy atom. The van der Waals surface area contributed by atoms with E-state index in [9.17, 15) is 0 Å². The Hall–Kier alpha value is -2.17. The Morgan fingerprint density at radius 3 is 2.67 bits per heavy atom. The smallest absolute Gasteiger partial charge is 0.162 e. The van der Waals surface area contributed by atoms with E-state index in [0.717, 1.165) is 28.6 Å². The van der Waals surface area contributed by atoms with E-state index < -0.39 is 0 Å². The quantitative estimate of drug-likeness (QED) is 0.878. The second-order valence-corrected chi connectivity index (χ2v) is 4.15. The van der Waals surface area contributed by atoms with E-state index in [1.54, 1.807) is 0 Å². The molecular weight excluding hydrogens is 230 g/mol. The van der Waals surface area contributed by atoms with Crippen LogP contribution in [0.5, 0.6) is 11.5 Å². The molecule has 0 atom stereocenters. The van der Waals surface area contributed by atoms with E-state index in [1.165, 1.54) is 0 Å². The largest absolute Gasteiger partial charge is 0.486 e. The van der Waals surface area contributed by atoms with Gasteiger partial charge in [0, 0.05) is 25.7 Å². The number of benzene rings is 1. The summed E-state index contributed by atoms with van der Waals surface area (Å²) in [4.78, 5) is 0. The molecule has 0 spiro atoms. The van der Waals surface area contributed by atoms with Crippen LogP contribution in [0, 0.1) is 0 Å². The van der Waals surface area contributed by atoms with E-state index in [-0.39, 0.29) is 0 Å². The standard InChI is InChI=1S/C13H15N3O2/c1-14-13-8-10(16(2)15-13)9-3-4-11-12(7-9)18-6-5-17-11/h3-4,7-8H,5-6H2,1-2H3,(H,14,15). The first-order valence-corrected chi connectivity index (χ1v) is 5.90. The van der Waals surface area contributed by atoms with Gasteiger partial charge in [0.15, 0.2) is 11.5 Å². The van der Waals surface area contributed by atoms with Gasteiger partial charge in [-0.25, -0.2) is 0 Å². The molecule has 1 aliphatic heterocycles. The van der Waals surface area contributed by atoms with Crippen molar-refractivity contribution in [2.24, 2.45) is 7.05 Å². The number of hydrogen-bond acceptors (Lipinski definition) is 4. The number of nitrogens with zero attached hydrogens (tertiary/aromatic N) is 2. The first kappa shape index (κ1) is 11.0. The zero-order valence-corrected chi connectivity index (χ0v) is 10.4. The Kier molecular flexibility index (Phi) is 2.59. The topological polar surface area (TPSA) is 48.3 Å². The van der Waals surface area contributed by atoms with Gasteiger partial charge in [-0.3, -0.25) is 4.68 Å². The van der Waals surface area contributed by atoms with Crippen LogP contribution in [0.1, 0.15) is 0 Å². The third-order valence-corrected chi connectivity index (χ3v) is 2.97. The maximum absolute atomic E-state index is 5.59. The lowest BCUT2D eigenvalue weighted by molar-refractivity contribution is 0.171. The van der Waals surface area contributed by atoms with Crippen LogP contribution >= 0.6 is 0 Å². The van der Waals surface area contributed by atoms with Gasteiger partial charge in [-0.2, -0.15) is 5.10 Å². The second kappa shape index (κ2) is 4.25. The molecule has 94 valence electrons. The Labute approximate surface area is 105 Å². The minimum absolute atomic E-state index is 0.601. The number of nitrogens with one attached hydrogen (secondary N) is 1. The summed E-state index contributed by atoms with van der Waals surface area (Å²) in [5.41, 5.74) is 2.10. The summed E-state index contributed by atoms with van der Waals surface area (Å²) in [7, 11) is 3.78. The lowest BCUT2D eigenvalue weighted by Gasteiger charge is -2.18. The molecule has 0 unspecified atom stereocenters. The average molecular weight is 245 g/mol. The van der Waals surface area contributed by atoms with Gasteiger partial charge in [-0.1, -0.05) is 0 Å². The lowest BCUT2D eigenvalue weighted by Crippen LogP contribution is -2.15. The first-order valence-electron chi connectivity index (χ1n) is 5.90. The van der Waals surface area contributed by atoms with Crippen molar-refractivity contribution in [3.63, 3.8) is 0 Å². The van der Waals surface area contributed by atoms with Crippen molar-refractivity contribution in [1.82, 2.24) is 9.78 Å². The van der Waals surface area contributed by atoms with E-state index in [2.05, 4.69) is 10.4 Å². The maximum atomic E-state index is 5.59. The summed E-state index contributed by atoms with van der Waals surface area (Å²) in [5, 5.41) is 7.38. The molecule has 2 heterocycles. The fraction of sp³-hybridized carbons (Fsp3) is 0.308. The van der Waals surface area contributed by atoms with Gasteiger partial charge in [-0.15, -0.1) is 0 Å². The van der Waals surface area contributed by atoms with Crippen LogP contribution in [0.3, 0.4) is 0 Å². The monoisotopic (exact) mass is 245 g/mol. The van der Waals surface area contributed by atoms with E-state index in [1.807, 2.05) is 43.0 Å². The van der Waals surface area contributed by atoms with Gasteiger partial charge in [0.25, 0.3) is 0 Å². The minimum Gasteiger partial charge on any atom is -0.486 e. The van der Waals surface area contributed by atoms with Crippen molar-refractivity contribution < 1.29 is 9.47 Å². The molecule has 0 fully saturated rings. The van der Waals surface area contributed by atoms with E-state index in [4.69, 9.17) is 9.47 Å².